The highest BCUT2D eigenvalue weighted by Crippen LogP contribution is 2.30. The lowest BCUT2D eigenvalue weighted by Crippen LogP contribution is -2.30. The summed E-state index contributed by atoms with van der Waals surface area (Å²) in [6.45, 7) is 6.14. The van der Waals surface area contributed by atoms with Crippen LogP contribution in [0.1, 0.15) is 19.4 Å². The fourth-order valence-electron chi connectivity index (χ4n) is 2.20. The molecule has 0 fully saturated rings. The van der Waals surface area contributed by atoms with E-state index in [1.165, 1.54) is 5.56 Å². The minimum atomic E-state index is 0.592. The van der Waals surface area contributed by atoms with Gasteiger partial charge in [-0.25, -0.2) is 0 Å². The van der Waals surface area contributed by atoms with Crippen molar-refractivity contribution in [2.45, 2.75) is 20.3 Å². The van der Waals surface area contributed by atoms with E-state index >= 15 is 0 Å². The van der Waals surface area contributed by atoms with Gasteiger partial charge in [0.05, 0.1) is 13.7 Å². The van der Waals surface area contributed by atoms with Gasteiger partial charge < -0.3 is 20.1 Å². The van der Waals surface area contributed by atoms with Crippen LogP contribution in [0.25, 0.3) is 0 Å². The molecule has 0 unspecified atom stereocenters. The van der Waals surface area contributed by atoms with Crippen LogP contribution >= 0.6 is 11.3 Å². The number of methoxy groups -OCH3 is 1. The minimum Gasteiger partial charge on any atom is -0.493 e. The third-order valence-corrected chi connectivity index (χ3v) is 4.05. The maximum absolute atomic E-state index is 5.62. The second-order valence-corrected chi connectivity index (χ2v) is 5.85. The van der Waals surface area contributed by atoms with Crippen molar-refractivity contribution in [3.05, 3.63) is 40.6 Å². The molecule has 0 spiro atoms. The highest BCUT2D eigenvalue weighted by molar-refractivity contribution is 7.07. The Morgan fingerprint density at radius 3 is 2.75 bits per heavy atom. The highest BCUT2D eigenvalue weighted by atomic mass is 32.1. The van der Waals surface area contributed by atoms with Crippen molar-refractivity contribution in [3.63, 3.8) is 0 Å². The summed E-state index contributed by atoms with van der Waals surface area (Å²) in [6.07, 6.45) is 0.937. The number of benzene rings is 1. The van der Waals surface area contributed by atoms with Crippen LogP contribution in [0.2, 0.25) is 0 Å². The molecule has 0 aliphatic carbocycles. The summed E-state index contributed by atoms with van der Waals surface area (Å²) < 4.78 is 10.9. The van der Waals surface area contributed by atoms with Gasteiger partial charge in [0.15, 0.2) is 17.5 Å². The van der Waals surface area contributed by atoms with Crippen LogP contribution in [0.4, 0.5) is 5.69 Å². The number of guanidine groups is 1. The number of anilines is 1. The van der Waals surface area contributed by atoms with Gasteiger partial charge in [-0.2, -0.15) is 11.3 Å². The molecule has 0 amide bonds. The van der Waals surface area contributed by atoms with E-state index in [9.17, 15) is 0 Å². The number of ether oxygens (including phenoxy) is 2. The number of thiophene rings is 1. The predicted octanol–water partition coefficient (Wildman–Crippen LogP) is 3.78. The van der Waals surface area contributed by atoms with Gasteiger partial charge in [-0.3, -0.25) is 4.99 Å². The first-order valence-electron chi connectivity index (χ1n) is 8.14. The first-order chi connectivity index (χ1) is 11.8. The molecule has 2 N–H and O–H groups in total. The van der Waals surface area contributed by atoms with Gasteiger partial charge in [-0.1, -0.05) is 0 Å². The molecule has 0 bridgehead atoms. The summed E-state index contributed by atoms with van der Waals surface area (Å²) in [5, 5.41) is 10.8. The van der Waals surface area contributed by atoms with Gasteiger partial charge in [-0.05, 0) is 54.8 Å². The Hall–Kier alpha value is -2.21. The first-order valence-corrected chi connectivity index (χ1v) is 9.08. The molecule has 1 aromatic heterocycles. The highest BCUT2D eigenvalue weighted by Gasteiger charge is 2.07. The van der Waals surface area contributed by atoms with Gasteiger partial charge in [0.1, 0.15) is 0 Å². The molecular formula is C18H25N3O2S. The maximum atomic E-state index is 5.62. The molecule has 0 saturated heterocycles. The molecule has 2 aromatic rings. The molecule has 0 aliphatic heterocycles. The van der Waals surface area contributed by atoms with Crippen LogP contribution in [0.5, 0.6) is 11.5 Å². The van der Waals surface area contributed by atoms with Crippen LogP contribution in [0.3, 0.4) is 0 Å². The van der Waals surface area contributed by atoms with E-state index in [1.54, 1.807) is 18.4 Å². The van der Waals surface area contributed by atoms with Crippen molar-refractivity contribution in [3.8, 4) is 11.5 Å². The molecule has 1 aromatic carbocycles. The molecule has 1 heterocycles. The molecule has 130 valence electrons. The summed E-state index contributed by atoms with van der Waals surface area (Å²) in [4.78, 5) is 4.63. The summed E-state index contributed by atoms with van der Waals surface area (Å²) in [5.74, 6) is 2.21. The average molecular weight is 347 g/mol. The summed E-state index contributed by atoms with van der Waals surface area (Å²) >= 11 is 1.72. The Balaban J connectivity index is 2.04. The smallest absolute Gasteiger partial charge is 0.195 e. The average Bonchev–Trinajstić information content (AvgIpc) is 3.09. The Labute approximate surface area is 147 Å². The zero-order valence-electron chi connectivity index (χ0n) is 14.5. The van der Waals surface area contributed by atoms with E-state index in [2.05, 4.69) is 39.4 Å². The Morgan fingerprint density at radius 2 is 2.08 bits per heavy atom. The fourth-order valence-corrected chi connectivity index (χ4v) is 2.90. The van der Waals surface area contributed by atoms with Gasteiger partial charge in [0.2, 0.25) is 0 Å². The lowest BCUT2D eigenvalue weighted by molar-refractivity contribution is 0.311. The van der Waals surface area contributed by atoms with Crippen molar-refractivity contribution in [2.24, 2.45) is 4.99 Å². The van der Waals surface area contributed by atoms with Gasteiger partial charge in [-0.15, -0.1) is 0 Å². The Bertz CT molecular complexity index is 642. The Kier molecular flexibility index (Phi) is 7.42. The number of hydrogen-bond acceptors (Lipinski definition) is 4. The second-order valence-electron chi connectivity index (χ2n) is 5.07. The SMILES string of the molecule is CCNC(=NCCc1ccsc1)Nc1ccc(OC)c(OCC)c1. The molecule has 6 heteroatoms. The molecule has 24 heavy (non-hydrogen) atoms. The third-order valence-electron chi connectivity index (χ3n) is 3.32. The minimum absolute atomic E-state index is 0.592. The van der Waals surface area contributed by atoms with E-state index < -0.39 is 0 Å². The Morgan fingerprint density at radius 1 is 1.21 bits per heavy atom. The monoisotopic (exact) mass is 347 g/mol. The zero-order valence-corrected chi connectivity index (χ0v) is 15.3. The van der Waals surface area contributed by atoms with Crippen LogP contribution in [0.15, 0.2) is 40.0 Å². The number of hydrogen-bond donors (Lipinski definition) is 2. The number of nitrogens with one attached hydrogen (secondary N) is 2. The van der Waals surface area contributed by atoms with Gasteiger partial charge in [0, 0.05) is 24.8 Å². The molecular weight excluding hydrogens is 322 g/mol. The van der Waals surface area contributed by atoms with Crippen LogP contribution in [-0.2, 0) is 6.42 Å². The van der Waals surface area contributed by atoms with Crippen molar-refractivity contribution >= 4 is 23.0 Å². The predicted molar refractivity (Wildman–Crippen MR) is 102 cm³/mol. The van der Waals surface area contributed by atoms with Crippen molar-refractivity contribution in [1.82, 2.24) is 5.32 Å². The molecule has 0 saturated carbocycles. The summed E-state index contributed by atoms with van der Waals surface area (Å²) in [6, 6.07) is 7.90. The van der Waals surface area contributed by atoms with E-state index in [0.29, 0.717) is 6.61 Å². The van der Waals surface area contributed by atoms with Crippen molar-refractivity contribution < 1.29 is 9.47 Å². The third kappa shape index (κ3) is 5.45. The van der Waals surface area contributed by atoms with E-state index in [0.717, 1.165) is 42.7 Å². The second kappa shape index (κ2) is 9.82. The summed E-state index contributed by atoms with van der Waals surface area (Å²) in [5.41, 5.74) is 2.23. The molecule has 0 aliphatic rings. The van der Waals surface area contributed by atoms with Crippen molar-refractivity contribution in [2.75, 3.05) is 32.1 Å². The topological polar surface area (TPSA) is 54.9 Å². The summed E-state index contributed by atoms with van der Waals surface area (Å²) in [7, 11) is 1.64. The lowest BCUT2D eigenvalue weighted by Gasteiger charge is -2.14. The van der Waals surface area contributed by atoms with Crippen LogP contribution < -0.4 is 20.1 Å². The van der Waals surface area contributed by atoms with Crippen LogP contribution in [-0.4, -0.2) is 32.8 Å². The number of rotatable bonds is 8. The zero-order chi connectivity index (χ0) is 17.2. The lowest BCUT2D eigenvalue weighted by atomic mass is 10.2. The van der Waals surface area contributed by atoms with E-state index in [-0.39, 0.29) is 0 Å². The van der Waals surface area contributed by atoms with Gasteiger partial charge >= 0.3 is 0 Å². The largest absolute Gasteiger partial charge is 0.493 e. The molecule has 0 atom stereocenters. The number of aliphatic imine (C=N–C) groups is 1. The quantitative estimate of drug-likeness (QED) is 0.564. The standard InChI is InChI=1S/C18H25N3O2S/c1-4-19-18(20-10-8-14-9-11-24-13-14)21-15-6-7-16(22-3)17(12-15)23-5-2/h6-7,9,11-13H,4-5,8,10H2,1-3H3,(H2,19,20,21). The first kappa shape index (κ1) is 18.1. The fraction of sp³-hybridized carbons (Fsp3) is 0.389. The normalized spacial score (nSPS) is 11.2. The van der Waals surface area contributed by atoms with E-state index in [4.69, 9.17) is 9.47 Å². The molecule has 2 rings (SSSR count). The van der Waals surface area contributed by atoms with Gasteiger partial charge in [0.25, 0.3) is 0 Å². The molecule has 0 radical (unpaired) electrons. The molecule has 5 nitrogen and oxygen atoms in total. The van der Waals surface area contributed by atoms with Crippen LogP contribution in [0, 0.1) is 0 Å². The maximum Gasteiger partial charge on any atom is 0.195 e. The van der Waals surface area contributed by atoms with Crippen molar-refractivity contribution in [1.29, 1.82) is 0 Å². The number of nitrogens with zero attached hydrogens (tertiary/aromatic N) is 1. The van der Waals surface area contributed by atoms with E-state index in [1.807, 2.05) is 25.1 Å².